The van der Waals surface area contributed by atoms with Crippen LogP contribution in [0.3, 0.4) is 0 Å². The normalized spacial score (nSPS) is 17.5. The first kappa shape index (κ1) is 22.6. The summed E-state index contributed by atoms with van der Waals surface area (Å²) < 4.78 is 16.3. The number of benzene rings is 2. The molecule has 1 atom stereocenters. The van der Waals surface area contributed by atoms with E-state index in [0.29, 0.717) is 11.6 Å². The quantitative estimate of drug-likeness (QED) is 0.340. The number of fused-ring (bicyclic) bond motifs is 1. The van der Waals surface area contributed by atoms with Crippen LogP contribution in [0.15, 0.2) is 41.4 Å². The van der Waals surface area contributed by atoms with E-state index in [9.17, 15) is 0 Å². The first-order chi connectivity index (χ1) is 14.2. The fourth-order valence-electron chi connectivity index (χ4n) is 3.63. The summed E-state index contributed by atoms with van der Waals surface area (Å²) in [5.41, 5.74) is 2.13. The zero-order valence-electron chi connectivity index (χ0n) is 17.0. The van der Waals surface area contributed by atoms with Crippen LogP contribution in [0.1, 0.15) is 12.0 Å². The maximum absolute atomic E-state index is 6.19. The molecule has 1 fully saturated rings. The van der Waals surface area contributed by atoms with Gasteiger partial charge < -0.3 is 29.7 Å². The van der Waals surface area contributed by atoms with Crippen LogP contribution >= 0.6 is 35.6 Å². The minimum atomic E-state index is 0. The molecule has 0 bridgehead atoms. The molecule has 0 spiro atoms. The molecule has 0 aromatic heterocycles. The second kappa shape index (κ2) is 10.3. The Labute approximate surface area is 198 Å². The number of aliphatic imine (C=N–C) groups is 1. The van der Waals surface area contributed by atoms with E-state index in [1.807, 2.05) is 36.4 Å². The van der Waals surface area contributed by atoms with Gasteiger partial charge in [-0.3, -0.25) is 4.99 Å². The lowest BCUT2D eigenvalue weighted by Crippen LogP contribution is -2.44. The lowest BCUT2D eigenvalue weighted by atomic mass is 10.2. The highest BCUT2D eigenvalue weighted by Crippen LogP contribution is 2.34. The molecular formula is C21H26ClIN4O3. The number of hydrogen-bond acceptors (Lipinski definition) is 5. The lowest BCUT2D eigenvalue weighted by Gasteiger charge is -2.22. The SMILES string of the molecule is CN=C(NCc1ccc2c(c1)OCO2)NC1CCN(c2cc(Cl)ccc2OC)C1.I. The van der Waals surface area contributed by atoms with Crippen molar-refractivity contribution in [3.8, 4) is 17.2 Å². The Balaban J connectivity index is 0.00000256. The van der Waals surface area contributed by atoms with Crippen molar-refractivity contribution in [3.63, 3.8) is 0 Å². The molecule has 0 saturated carbocycles. The van der Waals surface area contributed by atoms with E-state index in [0.717, 1.165) is 54.0 Å². The number of methoxy groups -OCH3 is 1. The number of hydrogen-bond donors (Lipinski definition) is 2. The molecule has 2 N–H and O–H groups in total. The van der Waals surface area contributed by atoms with Crippen LogP contribution < -0.4 is 29.7 Å². The molecule has 0 aliphatic carbocycles. The Bertz CT molecular complexity index is 912. The zero-order chi connectivity index (χ0) is 20.2. The average Bonchev–Trinajstić information content (AvgIpc) is 3.40. The van der Waals surface area contributed by atoms with Crippen LogP contribution in [0.5, 0.6) is 17.2 Å². The molecule has 1 saturated heterocycles. The lowest BCUT2D eigenvalue weighted by molar-refractivity contribution is 0.174. The van der Waals surface area contributed by atoms with Crippen molar-refractivity contribution in [2.24, 2.45) is 4.99 Å². The highest BCUT2D eigenvalue weighted by molar-refractivity contribution is 14.0. The fraction of sp³-hybridized carbons (Fsp3) is 0.381. The maximum Gasteiger partial charge on any atom is 0.231 e. The van der Waals surface area contributed by atoms with Crippen LogP contribution in [0, 0.1) is 0 Å². The van der Waals surface area contributed by atoms with Crippen LogP contribution in [0.2, 0.25) is 5.02 Å². The van der Waals surface area contributed by atoms with E-state index in [1.54, 1.807) is 14.2 Å². The van der Waals surface area contributed by atoms with Crippen LogP contribution in [0.4, 0.5) is 5.69 Å². The summed E-state index contributed by atoms with van der Waals surface area (Å²) >= 11 is 6.19. The fourth-order valence-corrected chi connectivity index (χ4v) is 3.80. The summed E-state index contributed by atoms with van der Waals surface area (Å²) in [6.07, 6.45) is 1.00. The molecule has 2 heterocycles. The molecule has 2 aliphatic rings. The Kier molecular flexibility index (Phi) is 7.76. The molecule has 2 aliphatic heterocycles. The van der Waals surface area contributed by atoms with E-state index < -0.39 is 0 Å². The predicted molar refractivity (Wildman–Crippen MR) is 130 cm³/mol. The van der Waals surface area contributed by atoms with Gasteiger partial charge in [0, 0.05) is 37.7 Å². The summed E-state index contributed by atoms with van der Waals surface area (Å²) in [6.45, 7) is 2.70. The molecule has 30 heavy (non-hydrogen) atoms. The second-order valence-electron chi connectivity index (χ2n) is 7.01. The minimum Gasteiger partial charge on any atom is -0.495 e. The van der Waals surface area contributed by atoms with E-state index in [2.05, 4.69) is 20.5 Å². The number of nitrogens with one attached hydrogen (secondary N) is 2. The zero-order valence-corrected chi connectivity index (χ0v) is 20.1. The van der Waals surface area contributed by atoms with Gasteiger partial charge >= 0.3 is 0 Å². The van der Waals surface area contributed by atoms with Gasteiger partial charge in [0.2, 0.25) is 6.79 Å². The summed E-state index contributed by atoms with van der Waals surface area (Å²) in [6, 6.07) is 11.9. The van der Waals surface area contributed by atoms with Crippen molar-refractivity contribution in [2.75, 3.05) is 38.9 Å². The number of anilines is 1. The third-order valence-corrected chi connectivity index (χ3v) is 5.37. The van der Waals surface area contributed by atoms with Gasteiger partial charge in [0.25, 0.3) is 0 Å². The van der Waals surface area contributed by atoms with Crippen molar-refractivity contribution in [3.05, 3.63) is 47.0 Å². The largest absolute Gasteiger partial charge is 0.495 e. The number of ether oxygens (including phenoxy) is 3. The van der Waals surface area contributed by atoms with Gasteiger partial charge in [0.15, 0.2) is 17.5 Å². The van der Waals surface area contributed by atoms with E-state index in [-0.39, 0.29) is 36.8 Å². The summed E-state index contributed by atoms with van der Waals surface area (Å²) in [5, 5.41) is 7.58. The van der Waals surface area contributed by atoms with Gasteiger partial charge in [-0.05, 0) is 42.3 Å². The summed E-state index contributed by atoms with van der Waals surface area (Å²) in [4.78, 5) is 6.64. The molecule has 4 rings (SSSR count). The Morgan fingerprint density at radius 3 is 2.87 bits per heavy atom. The van der Waals surface area contributed by atoms with Gasteiger partial charge in [0.1, 0.15) is 5.75 Å². The van der Waals surface area contributed by atoms with Crippen molar-refractivity contribution >= 4 is 47.2 Å². The molecular weight excluding hydrogens is 519 g/mol. The Morgan fingerprint density at radius 2 is 2.07 bits per heavy atom. The molecule has 1 unspecified atom stereocenters. The van der Waals surface area contributed by atoms with Crippen LogP contribution in [0.25, 0.3) is 0 Å². The predicted octanol–water partition coefficient (Wildman–Crippen LogP) is 3.64. The standard InChI is InChI=1S/C21H25ClN4O3.HI/c1-23-21(24-11-14-3-5-19-20(9-14)29-13-28-19)25-16-7-8-26(12-16)17-10-15(22)4-6-18(17)27-2;/h3-6,9-10,16H,7-8,11-13H2,1-2H3,(H2,23,24,25);1H. The van der Waals surface area contributed by atoms with Crippen molar-refractivity contribution in [1.29, 1.82) is 0 Å². The molecule has 9 heteroatoms. The Morgan fingerprint density at radius 1 is 1.23 bits per heavy atom. The monoisotopic (exact) mass is 544 g/mol. The topological polar surface area (TPSA) is 67.4 Å². The van der Waals surface area contributed by atoms with E-state index in [4.69, 9.17) is 25.8 Å². The van der Waals surface area contributed by atoms with Crippen LogP contribution in [-0.4, -0.2) is 46.0 Å². The average molecular weight is 545 g/mol. The molecule has 0 radical (unpaired) electrons. The van der Waals surface area contributed by atoms with E-state index >= 15 is 0 Å². The molecule has 162 valence electrons. The number of halogens is 2. The molecule has 2 aromatic rings. The first-order valence-electron chi connectivity index (χ1n) is 9.60. The number of guanidine groups is 1. The number of nitrogens with zero attached hydrogens (tertiary/aromatic N) is 2. The second-order valence-corrected chi connectivity index (χ2v) is 7.44. The molecule has 0 amide bonds. The van der Waals surface area contributed by atoms with Crippen molar-refractivity contribution < 1.29 is 14.2 Å². The third kappa shape index (κ3) is 5.15. The first-order valence-corrected chi connectivity index (χ1v) is 9.98. The van der Waals surface area contributed by atoms with E-state index in [1.165, 1.54) is 0 Å². The van der Waals surface area contributed by atoms with Gasteiger partial charge in [0.05, 0.1) is 12.8 Å². The van der Waals surface area contributed by atoms with Crippen molar-refractivity contribution in [2.45, 2.75) is 19.0 Å². The third-order valence-electron chi connectivity index (χ3n) is 5.13. The Hall–Kier alpha value is -2.07. The molecule has 2 aromatic carbocycles. The number of rotatable bonds is 5. The minimum absolute atomic E-state index is 0. The van der Waals surface area contributed by atoms with Crippen LogP contribution in [-0.2, 0) is 6.54 Å². The molecule has 7 nitrogen and oxygen atoms in total. The van der Waals surface area contributed by atoms with Gasteiger partial charge in [-0.2, -0.15) is 0 Å². The highest BCUT2D eigenvalue weighted by Gasteiger charge is 2.25. The maximum atomic E-state index is 6.19. The smallest absolute Gasteiger partial charge is 0.231 e. The summed E-state index contributed by atoms with van der Waals surface area (Å²) in [5.74, 6) is 3.18. The van der Waals surface area contributed by atoms with Gasteiger partial charge in [-0.15, -0.1) is 24.0 Å². The highest BCUT2D eigenvalue weighted by atomic mass is 127. The summed E-state index contributed by atoms with van der Waals surface area (Å²) in [7, 11) is 3.46. The van der Waals surface area contributed by atoms with Gasteiger partial charge in [-0.25, -0.2) is 0 Å². The van der Waals surface area contributed by atoms with Gasteiger partial charge in [-0.1, -0.05) is 17.7 Å². The van der Waals surface area contributed by atoms with Crippen molar-refractivity contribution in [1.82, 2.24) is 10.6 Å².